The molecule has 0 saturated heterocycles. The van der Waals surface area contributed by atoms with Gasteiger partial charge in [0.05, 0.1) is 7.11 Å². The second-order valence-electron chi connectivity index (χ2n) is 6.00. The third kappa shape index (κ3) is 4.84. The summed E-state index contributed by atoms with van der Waals surface area (Å²) in [5, 5.41) is 6.60. The number of ether oxygens (including phenoxy) is 1. The summed E-state index contributed by atoms with van der Waals surface area (Å²) in [6, 6.07) is 12.0. The molecule has 3 rings (SSSR count). The molecule has 0 atom stereocenters. The lowest BCUT2D eigenvalue weighted by molar-refractivity contribution is 0.414. The quantitative estimate of drug-likeness (QED) is 0.519. The second kappa shape index (κ2) is 8.84. The molecule has 0 aliphatic carbocycles. The van der Waals surface area contributed by atoms with Gasteiger partial charge in [-0.15, -0.1) is 0 Å². The van der Waals surface area contributed by atoms with E-state index in [2.05, 4.69) is 25.6 Å². The highest BCUT2D eigenvalue weighted by atomic mass is 16.5. The highest BCUT2D eigenvalue weighted by molar-refractivity contribution is 5.79. The lowest BCUT2D eigenvalue weighted by atomic mass is 10.2. The van der Waals surface area contributed by atoms with Crippen LogP contribution in [0.1, 0.15) is 17.0 Å². The van der Waals surface area contributed by atoms with Crippen LogP contribution >= 0.6 is 0 Å². The van der Waals surface area contributed by atoms with E-state index >= 15 is 0 Å². The first kappa shape index (κ1) is 18.4. The fourth-order valence-electron chi connectivity index (χ4n) is 2.62. The standard InChI is InChI=1S/C20H24N6O/c1-15-22-10-11-26(15)19-9-6-17(13-23-19)14-25-20(21-2)24-12-16-4-7-18(27-3)8-5-16/h4-11,13H,12,14H2,1-3H3,(H2,21,24,25). The van der Waals surface area contributed by atoms with Gasteiger partial charge < -0.3 is 15.4 Å². The normalized spacial score (nSPS) is 11.3. The van der Waals surface area contributed by atoms with Crippen molar-refractivity contribution in [3.05, 3.63) is 71.9 Å². The van der Waals surface area contributed by atoms with Crippen molar-refractivity contribution in [1.29, 1.82) is 0 Å². The number of pyridine rings is 1. The Balaban J connectivity index is 1.52. The Morgan fingerprint density at radius 1 is 1.04 bits per heavy atom. The Bertz CT molecular complexity index is 884. The molecule has 0 saturated carbocycles. The number of nitrogens with zero attached hydrogens (tertiary/aromatic N) is 4. The van der Waals surface area contributed by atoms with Gasteiger partial charge in [-0.1, -0.05) is 18.2 Å². The van der Waals surface area contributed by atoms with Gasteiger partial charge in [-0.3, -0.25) is 9.56 Å². The number of methoxy groups -OCH3 is 1. The van der Waals surface area contributed by atoms with E-state index in [0.29, 0.717) is 13.1 Å². The van der Waals surface area contributed by atoms with Gasteiger partial charge in [-0.05, 0) is 36.2 Å². The molecule has 0 fully saturated rings. The molecular formula is C20H24N6O. The molecular weight excluding hydrogens is 340 g/mol. The number of benzene rings is 1. The maximum atomic E-state index is 5.17. The third-order valence-corrected chi connectivity index (χ3v) is 4.18. The first-order valence-corrected chi connectivity index (χ1v) is 8.72. The second-order valence-corrected chi connectivity index (χ2v) is 6.00. The van der Waals surface area contributed by atoms with Gasteiger partial charge in [0.25, 0.3) is 0 Å². The highest BCUT2D eigenvalue weighted by Crippen LogP contribution is 2.11. The lowest BCUT2D eigenvalue weighted by Gasteiger charge is -2.12. The molecule has 2 aromatic heterocycles. The lowest BCUT2D eigenvalue weighted by Crippen LogP contribution is -2.36. The minimum absolute atomic E-state index is 0.637. The summed E-state index contributed by atoms with van der Waals surface area (Å²) in [4.78, 5) is 13.0. The minimum atomic E-state index is 0.637. The largest absolute Gasteiger partial charge is 0.497 e. The van der Waals surface area contributed by atoms with Crippen molar-refractivity contribution in [2.75, 3.05) is 14.2 Å². The number of hydrogen-bond donors (Lipinski definition) is 2. The van der Waals surface area contributed by atoms with Gasteiger partial charge in [0.15, 0.2) is 5.96 Å². The molecule has 2 N–H and O–H groups in total. The van der Waals surface area contributed by atoms with E-state index in [1.54, 1.807) is 20.4 Å². The van der Waals surface area contributed by atoms with Crippen LogP contribution in [0.5, 0.6) is 5.75 Å². The maximum Gasteiger partial charge on any atom is 0.191 e. The van der Waals surface area contributed by atoms with Crippen molar-refractivity contribution in [2.45, 2.75) is 20.0 Å². The number of rotatable bonds is 6. The predicted molar refractivity (Wildman–Crippen MR) is 106 cm³/mol. The van der Waals surface area contributed by atoms with Crippen LogP contribution in [0, 0.1) is 6.92 Å². The maximum absolute atomic E-state index is 5.17. The summed E-state index contributed by atoms with van der Waals surface area (Å²) in [6.07, 6.45) is 5.53. The van der Waals surface area contributed by atoms with Crippen molar-refractivity contribution < 1.29 is 4.74 Å². The molecule has 0 aliphatic heterocycles. The van der Waals surface area contributed by atoms with Crippen molar-refractivity contribution in [2.24, 2.45) is 4.99 Å². The van der Waals surface area contributed by atoms with Crippen LogP contribution < -0.4 is 15.4 Å². The van der Waals surface area contributed by atoms with Crippen LogP contribution in [0.2, 0.25) is 0 Å². The van der Waals surface area contributed by atoms with E-state index < -0.39 is 0 Å². The first-order valence-electron chi connectivity index (χ1n) is 8.72. The van der Waals surface area contributed by atoms with Gasteiger partial charge in [0, 0.05) is 38.7 Å². The van der Waals surface area contributed by atoms with E-state index in [1.807, 2.05) is 60.3 Å². The van der Waals surface area contributed by atoms with Gasteiger partial charge in [-0.25, -0.2) is 9.97 Å². The number of aryl methyl sites for hydroxylation is 1. The molecule has 0 bridgehead atoms. The number of guanidine groups is 1. The number of hydrogen-bond acceptors (Lipinski definition) is 4. The van der Waals surface area contributed by atoms with E-state index in [4.69, 9.17) is 4.74 Å². The molecule has 0 amide bonds. The van der Waals surface area contributed by atoms with Crippen molar-refractivity contribution in [3.8, 4) is 11.6 Å². The monoisotopic (exact) mass is 364 g/mol. The smallest absolute Gasteiger partial charge is 0.191 e. The molecule has 2 heterocycles. The fraction of sp³-hybridized carbons (Fsp3) is 0.250. The fourth-order valence-corrected chi connectivity index (χ4v) is 2.62. The molecule has 0 unspecified atom stereocenters. The Kier molecular flexibility index (Phi) is 6.04. The molecule has 0 radical (unpaired) electrons. The summed E-state index contributed by atoms with van der Waals surface area (Å²) in [5.74, 6) is 3.36. The number of nitrogens with one attached hydrogen (secondary N) is 2. The zero-order chi connectivity index (χ0) is 19.1. The average Bonchev–Trinajstić information content (AvgIpc) is 3.15. The molecule has 0 spiro atoms. The van der Waals surface area contributed by atoms with E-state index in [9.17, 15) is 0 Å². The van der Waals surface area contributed by atoms with Gasteiger partial charge in [-0.2, -0.15) is 0 Å². The molecule has 0 aliphatic rings. The number of aliphatic imine (C=N–C) groups is 1. The zero-order valence-corrected chi connectivity index (χ0v) is 15.8. The summed E-state index contributed by atoms with van der Waals surface area (Å²) in [7, 11) is 3.42. The van der Waals surface area contributed by atoms with Gasteiger partial charge >= 0.3 is 0 Å². The molecule has 1 aromatic carbocycles. The van der Waals surface area contributed by atoms with Crippen LogP contribution in [0.3, 0.4) is 0 Å². The van der Waals surface area contributed by atoms with E-state index in [0.717, 1.165) is 34.5 Å². The minimum Gasteiger partial charge on any atom is -0.497 e. The third-order valence-electron chi connectivity index (χ3n) is 4.18. The Hall–Kier alpha value is -3.35. The summed E-state index contributed by atoms with van der Waals surface area (Å²) in [5.41, 5.74) is 2.23. The number of aromatic nitrogens is 3. The summed E-state index contributed by atoms with van der Waals surface area (Å²) in [6.45, 7) is 3.27. The highest BCUT2D eigenvalue weighted by Gasteiger charge is 2.03. The summed E-state index contributed by atoms with van der Waals surface area (Å²) < 4.78 is 7.13. The van der Waals surface area contributed by atoms with Crippen molar-refractivity contribution in [3.63, 3.8) is 0 Å². The molecule has 7 nitrogen and oxygen atoms in total. The topological polar surface area (TPSA) is 76.4 Å². The van der Waals surface area contributed by atoms with Crippen LogP contribution in [0.25, 0.3) is 5.82 Å². The Labute approximate surface area is 159 Å². The predicted octanol–water partition coefficient (Wildman–Crippen LogP) is 2.45. The zero-order valence-electron chi connectivity index (χ0n) is 15.8. The van der Waals surface area contributed by atoms with Crippen LogP contribution in [-0.4, -0.2) is 34.7 Å². The van der Waals surface area contributed by atoms with Crippen LogP contribution in [-0.2, 0) is 13.1 Å². The van der Waals surface area contributed by atoms with E-state index in [-0.39, 0.29) is 0 Å². The average molecular weight is 364 g/mol. The first-order chi connectivity index (χ1) is 13.2. The van der Waals surface area contributed by atoms with Crippen LogP contribution in [0.4, 0.5) is 0 Å². The molecule has 140 valence electrons. The molecule has 3 aromatic rings. The van der Waals surface area contributed by atoms with Crippen molar-refractivity contribution in [1.82, 2.24) is 25.2 Å². The molecule has 7 heteroatoms. The Morgan fingerprint density at radius 3 is 2.30 bits per heavy atom. The summed E-state index contributed by atoms with van der Waals surface area (Å²) >= 11 is 0. The number of imidazole rings is 1. The SMILES string of the molecule is CN=C(NCc1ccc(OC)cc1)NCc1ccc(-n2ccnc2C)nc1. The van der Waals surface area contributed by atoms with Crippen molar-refractivity contribution >= 4 is 5.96 Å². The van der Waals surface area contributed by atoms with Gasteiger partial charge in [0.1, 0.15) is 17.4 Å². The van der Waals surface area contributed by atoms with Gasteiger partial charge in [0.2, 0.25) is 0 Å². The Morgan fingerprint density at radius 2 is 1.74 bits per heavy atom. The van der Waals surface area contributed by atoms with Crippen LogP contribution in [0.15, 0.2) is 60.0 Å². The molecule has 27 heavy (non-hydrogen) atoms. The van der Waals surface area contributed by atoms with E-state index in [1.165, 1.54) is 0 Å².